The predicted octanol–water partition coefficient (Wildman–Crippen LogP) is 1.96. The molecule has 0 spiro atoms. The van der Waals surface area contributed by atoms with Gasteiger partial charge in [0.1, 0.15) is 0 Å². The van der Waals surface area contributed by atoms with Crippen molar-refractivity contribution in [1.29, 1.82) is 0 Å². The second-order valence-electron chi connectivity index (χ2n) is 2.21. The first-order chi connectivity index (χ1) is 4.74. The molecule has 0 aliphatic rings. The van der Waals surface area contributed by atoms with E-state index in [9.17, 15) is 0 Å². The van der Waals surface area contributed by atoms with Gasteiger partial charge in [0.15, 0.2) is 6.29 Å². The second kappa shape index (κ2) is 5.45. The summed E-state index contributed by atoms with van der Waals surface area (Å²) in [6.45, 7) is 4.17. The van der Waals surface area contributed by atoms with E-state index in [0.29, 0.717) is 0 Å². The van der Waals surface area contributed by atoms with Crippen LogP contribution in [0.2, 0.25) is 0 Å². The highest BCUT2D eigenvalue weighted by molar-refractivity contribution is 4.98. The fourth-order valence-corrected chi connectivity index (χ4v) is 0.582. The lowest BCUT2D eigenvalue weighted by Gasteiger charge is -2.08. The number of allylic oxidation sites excluding steroid dienone is 1. The molecular weight excluding hydrogens is 128 g/mol. The van der Waals surface area contributed by atoms with Crippen molar-refractivity contribution in [3.05, 3.63) is 11.6 Å². The lowest BCUT2D eigenvalue weighted by atomic mass is 10.2. The van der Waals surface area contributed by atoms with Gasteiger partial charge in [-0.2, -0.15) is 0 Å². The molecule has 10 heavy (non-hydrogen) atoms. The maximum absolute atomic E-state index is 4.97. The second-order valence-corrected chi connectivity index (χ2v) is 2.21. The molecule has 60 valence electrons. The van der Waals surface area contributed by atoms with Gasteiger partial charge in [0.2, 0.25) is 0 Å². The fourth-order valence-electron chi connectivity index (χ4n) is 0.582. The molecule has 2 nitrogen and oxygen atoms in total. The lowest BCUT2D eigenvalue weighted by molar-refractivity contribution is -0.0671. The van der Waals surface area contributed by atoms with Gasteiger partial charge in [0.05, 0.1) is 0 Å². The van der Waals surface area contributed by atoms with Gasteiger partial charge in [-0.25, -0.2) is 0 Å². The SMILES string of the molecule is CC/C(C)=C/C(OC)OC. The molecule has 0 saturated heterocycles. The van der Waals surface area contributed by atoms with Crippen molar-refractivity contribution in [3.8, 4) is 0 Å². The van der Waals surface area contributed by atoms with E-state index in [4.69, 9.17) is 9.47 Å². The lowest BCUT2D eigenvalue weighted by Crippen LogP contribution is -2.09. The summed E-state index contributed by atoms with van der Waals surface area (Å²) >= 11 is 0. The largest absolute Gasteiger partial charge is 0.352 e. The zero-order chi connectivity index (χ0) is 7.98. The molecule has 0 atom stereocenters. The van der Waals surface area contributed by atoms with Crippen LogP contribution in [0.25, 0.3) is 0 Å². The first kappa shape index (κ1) is 9.66. The first-order valence-electron chi connectivity index (χ1n) is 3.47. The summed E-state index contributed by atoms with van der Waals surface area (Å²) in [6.07, 6.45) is 2.84. The van der Waals surface area contributed by atoms with Gasteiger partial charge in [-0.05, 0) is 19.4 Å². The molecule has 0 fully saturated rings. The Hall–Kier alpha value is -0.340. The Bertz CT molecular complexity index is 104. The van der Waals surface area contributed by atoms with Gasteiger partial charge in [-0.1, -0.05) is 12.5 Å². The molecule has 0 aliphatic heterocycles. The van der Waals surface area contributed by atoms with Crippen molar-refractivity contribution < 1.29 is 9.47 Å². The standard InChI is InChI=1S/C8H16O2/c1-5-7(2)6-8(9-3)10-4/h6,8H,5H2,1-4H3/b7-6+. The van der Waals surface area contributed by atoms with Crippen molar-refractivity contribution in [3.63, 3.8) is 0 Å². The van der Waals surface area contributed by atoms with Gasteiger partial charge < -0.3 is 9.47 Å². The maximum atomic E-state index is 4.97. The van der Waals surface area contributed by atoms with Crippen LogP contribution in [0.3, 0.4) is 0 Å². The quantitative estimate of drug-likeness (QED) is 0.443. The van der Waals surface area contributed by atoms with Gasteiger partial charge in [0, 0.05) is 14.2 Å². The summed E-state index contributed by atoms with van der Waals surface area (Å²) in [6, 6.07) is 0. The van der Waals surface area contributed by atoms with Crippen LogP contribution < -0.4 is 0 Å². The Morgan fingerprint density at radius 1 is 1.40 bits per heavy atom. The Labute approximate surface area is 62.8 Å². The smallest absolute Gasteiger partial charge is 0.176 e. The van der Waals surface area contributed by atoms with Crippen molar-refractivity contribution in [2.24, 2.45) is 0 Å². The van der Waals surface area contributed by atoms with Crippen LogP contribution in [0.4, 0.5) is 0 Å². The minimum atomic E-state index is -0.181. The highest BCUT2D eigenvalue weighted by atomic mass is 16.7. The molecule has 0 N–H and O–H groups in total. The maximum Gasteiger partial charge on any atom is 0.176 e. The van der Waals surface area contributed by atoms with Crippen LogP contribution in [0.5, 0.6) is 0 Å². The zero-order valence-corrected chi connectivity index (χ0v) is 7.18. The van der Waals surface area contributed by atoms with Crippen molar-refractivity contribution in [1.82, 2.24) is 0 Å². The van der Waals surface area contributed by atoms with Gasteiger partial charge >= 0.3 is 0 Å². The van der Waals surface area contributed by atoms with Crippen molar-refractivity contribution in [2.75, 3.05) is 14.2 Å². The van der Waals surface area contributed by atoms with Crippen molar-refractivity contribution >= 4 is 0 Å². The third-order valence-electron chi connectivity index (χ3n) is 1.44. The monoisotopic (exact) mass is 144 g/mol. The molecule has 0 aromatic carbocycles. The molecule has 0 heterocycles. The van der Waals surface area contributed by atoms with Crippen LogP contribution in [-0.2, 0) is 9.47 Å². The first-order valence-corrected chi connectivity index (χ1v) is 3.47. The van der Waals surface area contributed by atoms with Crippen molar-refractivity contribution in [2.45, 2.75) is 26.6 Å². The molecule has 0 amide bonds. The van der Waals surface area contributed by atoms with Crippen LogP contribution in [0.1, 0.15) is 20.3 Å². The number of rotatable bonds is 4. The van der Waals surface area contributed by atoms with Crippen LogP contribution in [0, 0.1) is 0 Å². The Kier molecular flexibility index (Phi) is 5.26. The highest BCUT2D eigenvalue weighted by Gasteiger charge is 1.98. The van der Waals surface area contributed by atoms with E-state index in [-0.39, 0.29) is 6.29 Å². The molecule has 0 saturated carbocycles. The Balaban J connectivity index is 3.80. The average Bonchev–Trinajstić information content (AvgIpc) is 1.99. The summed E-state index contributed by atoms with van der Waals surface area (Å²) in [7, 11) is 3.27. The zero-order valence-electron chi connectivity index (χ0n) is 7.18. The number of hydrogen-bond acceptors (Lipinski definition) is 2. The van der Waals surface area contributed by atoms with E-state index in [1.165, 1.54) is 5.57 Å². The molecule has 0 aromatic rings. The topological polar surface area (TPSA) is 18.5 Å². The highest BCUT2D eigenvalue weighted by Crippen LogP contribution is 2.02. The summed E-state index contributed by atoms with van der Waals surface area (Å²) in [5.74, 6) is 0. The summed E-state index contributed by atoms with van der Waals surface area (Å²) in [5.41, 5.74) is 1.29. The molecule has 0 radical (unpaired) electrons. The number of ether oxygens (including phenoxy) is 2. The van der Waals surface area contributed by atoms with Gasteiger partial charge in [0.25, 0.3) is 0 Å². The molecule has 0 unspecified atom stereocenters. The fraction of sp³-hybridized carbons (Fsp3) is 0.750. The van der Waals surface area contributed by atoms with E-state index in [1.807, 2.05) is 6.08 Å². The number of hydrogen-bond donors (Lipinski definition) is 0. The van der Waals surface area contributed by atoms with E-state index < -0.39 is 0 Å². The molecule has 0 aliphatic carbocycles. The van der Waals surface area contributed by atoms with E-state index in [2.05, 4.69) is 13.8 Å². The van der Waals surface area contributed by atoms with Crippen LogP contribution >= 0.6 is 0 Å². The summed E-state index contributed by atoms with van der Waals surface area (Å²) in [5, 5.41) is 0. The minimum Gasteiger partial charge on any atom is -0.352 e. The predicted molar refractivity (Wildman–Crippen MR) is 41.9 cm³/mol. The van der Waals surface area contributed by atoms with E-state index in [1.54, 1.807) is 14.2 Å². The molecule has 2 heteroatoms. The summed E-state index contributed by atoms with van der Waals surface area (Å²) < 4.78 is 9.95. The third-order valence-corrected chi connectivity index (χ3v) is 1.44. The Morgan fingerprint density at radius 2 is 1.90 bits per heavy atom. The van der Waals surface area contributed by atoms with Crippen LogP contribution in [0.15, 0.2) is 11.6 Å². The number of methoxy groups -OCH3 is 2. The van der Waals surface area contributed by atoms with Crippen LogP contribution in [-0.4, -0.2) is 20.5 Å². The molecule has 0 rings (SSSR count). The van der Waals surface area contributed by atoms with Gasteiger partial charge in [-0.15, -0.1) is 0 Å². The minimum absolute atomic E-state index is 0.181. The summed E-state index contributed by atoms with van der Waals surface area (Å²) in [4.78, 5) is 0. The third kappa shape index (κ3) is 3.64. The molecule has 0 bridgehead atoms. The van der Waals surface area contributed by atoms with E-state index in [0.717, 1.165) is 6.42 Å². The van der Waals surface area contributed by atoms with E-state index >= 15 is 0 Å². The van der Waals surface area contributed by atoms with Gasteiger partial charge in [-0.3, -0.25) is 0 Å². The Morgan fingerprint density at radius 3 is 2.20 bits per heavy atom. The normalized spacial score (nSPS) is 12.7. The molecular formula is C8H16O2. The average molecular weight is 144 g/mol. The molecule has 0 aromatic heterocycles.